The predicted molar refractivity (Wildman–Crippen MR) is 102 cm³/mol. The lowest BCUT2D eigenvalue weighted by atomic mass is 9.83. The fraction of sp³-hybridized carbons (Fsp3) is 1.00. The summed E-state index contributed by atoms with van der Waals surface area (Å²) < 4.78 is 14.4. The molecule has 0 heterocycles. The van der Waals surface area contributed by atoms with Crippen LogP contribution in [0.1, 0.15) is 135 Å². The first-order valence-corrected chi connectivity index (χ1v) is 11.0. The van der Waals surface area contributed by atoms with E-state index in [1.165, 1.54) is 89.9 Å². The van der Waals surface area contributed by atoms with Crippen LogP contribution in [0.15, 0.2) is 0 Å². The zero-order chi connectivity index (χ0) is 16.6. The van der Waals surface area contributed by atoms with Crippen LogP contribution in [0.25, 0.3) is 0 Å². The van der Waals surface area contributed by atoms with Crippen molar-refractivity contribution < 1.29 is 4.39 Å². The Morgan fingerprint density at radius 1 is 0.565 bits per heavy atom. The molecule has 0 aliphatic heterocycles. The minimum absolute atomic E-state index is 0.782. The second kappa shape index (κ2) is 14.3. The van der Waals surface area contributed by atoms with Gasteiger partial charge in [-0.1, -0.05) is 116 Å². The van der Waals surface area contributed by atoms with Crippen LogP contribution in [-0.2, 0) is 0 Å². The van der Waals surface area contributed by atoms with E-state index in [4.69, 9.17) is 0 Å². The summed E-state index contributed by atoms with van der Waals surface area (Å²) in [5.74, 6) is 0. The summed E-state index contributed by atoms with van der Waals surface area (Å²) in [6.07, 6.45) is 25.3. The summed E-state index contributed by atoms with van der Waals surface area (Å²) in [7, 11) is 0. The SMILES string of the molecule is CCCCCCCCCCCCCCCCC1(F)CCCCC1. The quantitative estimate of drug-likeness (QED) is 0.264. The van der Waals surface area contributed by atoms with Crippen molar-refractivity contribution in [3.05, 3.63) is 0 Å². The molecule has 0 atom stereocenters. The van der Waals surface area contributed by atoms with Gasteiger partial charge in [0.05, 0.1) is 0 Å². The first kappa shape index (κ1) is 21.0. The molecule has 1 saturated carbocycles. The maximum absolute atomic E-state index is 14.4. The Morgan fingerprint density at radius 3 is 1.39 bits per heavy atom. The monoisotopic (exact) mass is 326 g/mol. The molecule has 1 aliphatic carbocycles. The van der Waals surface area contributed by atoms with E-state index in [0.717, 1.165) is 38.5 Å². The molecular formula is C22H43F. The third-order valence-electron chi connectivity index (χ3n) is 5.73. The highest BCUT2D eigenvalue weighted by Gasteiger charge is 2.30. The van der Waals surface area contributed by atoms with Gasteiger partial charge in [-0.2, -0.15) is 0 Å². The normalized spacial score (nSPS) is 17.5. The molecule has 1 heteroatoms. The van der Waals surface area contributed by atoms with Crippen LogP contribution in [0.4, 0.5) is 4.39 Å². The molecular weight excluding hydrogens is 283 g/mol. The Labute approximate surface area is 146 Å². The number of hydrogen-bond acceptors (Lipinski definition) is 0. The van der Waals surface area contributed by atoms with Crippen LogP contribution in [-0.4, -0.2) is 5.67 Å². The third kappa shape index (κ3) is 12.0. The first-order chi connectivity index (χ1) is 11.3. The van der Waals surface area contributed by atoms with Gasteiger partial charge < -0.3 is 0 Å². The van der Waals surface area contributed by atoms with Crippen molar-refractivity contribution in [2.75, 3.05) is 0 Å². The molecule has 0 nitrogen and oxygen atoms in total. The van der Waals surface area contributed by atoms with E-state index in [2.05, 4.69) is 6.92 Å². The number of alkyl halides is 1. The van der Waals surface area contributed by atoms with Gasteiger partial charge in [0, 0.05) is 0 Å². The highest BCUT2D eigenvalue weighted by Crippen LogP contribution is 2.36. The molecule has 138 valence electrons. The molecule has 0 aromatic rings. The molecule has 0 aromatic heterocycles. The third-order valence-corrected chi connectivity index (χ3v) is 5.73. The summed E-state index contributed by atoms with van der Waals surface area (Å²) in [5.41, 5.74) is -0.782. The van der Waals surface area contributed by atoms with Crippen molar-refractivity contribution in [2.24, 2.45) is 0 Å². The molecule has 0 amide bonds. The van der Waals surface area contributed by atoms with Crippen LogP contribution < -0.4 is 0 Å². The van der Waals surface area contributed by atoms with Gasteiger partial charge in [0.15, 0.2) is 0 Å². The van der Waals surface area contributed by atoms with E-state index < -0.39 is 5.67 Å². The van der Waals surface area contributed by atoms with Crippen molar-refractivity contribution in [3.8, 4) is 0 Å². The van der Waals surface area contributed by atoms with E-state index in [9.17, 15) is 4.39 Å². The van der Waals surface area contributed by atoms with Gasteiger partial charge in [0.1, 0.15) is 5.67 Å². The smallest absolute Gasteiger partial charge is 0.111 e. The van der Waals surface area contributed by atoms with Gasteiger partial charge in [-0.25, -0.2) is 4.39 Å². The van der Waals surface area contributed by atoms with Crippen molar-refractivity contribution in [1.82, 2.24) is 0 Å². The Balaban J connectivity index is 1.74. The van der Waals surface area contributed by atoms with Gasteiger partial charge in [0.2, 0.25) is 0 Å². The van der Waals surface area contributed by atoms with Crippen molar-refractivity contribution >= 4 is 0 Å². The lowest BCUT2D eigenvalue weighted by Crippen LogP contribution is -2.25. The molecule has 0 saturated heterocycles. The second-order valence-corrected chi connectivity index (χ2v) is 8.06. The van der Waals surface area contributed by atoms with Crippen molar-refractivity contribution in [2.45, 2.75) is 141 Å². The summed E-state index contributed by atoms with van der Waals surface area (Å²) in [6, 6.07) is 0. The fourth-order valence-corrected chi connectivity index (χ4v) is 4.07. The minimum atomic E-state index is -0.782. The van der Waals surface area contributed by atoms with Gasteiger partial charge in [-0.3, -0.25) is 0 Å². The van der Waals surface area contributed by atoms with E-state index >= 15 is 0 Å². The highest BCUT2D eigenvalue weighted by atomic mass is 19.1. The van der Waals surface area contributed by atoms with Crippen LogP contribution in [0.5, 0.6) is 0 Å². The van der Waals surface area contributed by atoms with E-state index in [0.29, 0.717) is 0 Å². The molecule has 0 aromatic carbocycles. The zero-order valence-corrected chi connectivity index (χ0v) is 16.0. The van der Waals surface area contributed by atoms with Crippen molar-refractivity contribution in [1.29, 1.82) is 0 Å². The predicted octanol–water partition coefficient (Wildman–Crippen LogP) is 8.53. The average molecular weight is 327 g/mol. The number of unbranched alkanes of at least 4 members (excludes halogenated alkanes) is 13. The van der Waals surface area contributed by atoms with Crippen molar-refractivity contribution in [3.63, 3.8) is 0 Å². The maximum atomic E-state index is 14.4. The minimum Gasteiger partial charge on any atom is -0.244 e. The summed E-state index contributed by atoms with van der Waals surface area (Å²) in [5, 5.41) is 0. The largest absolute Gasteiger partial charge is 0.244 e. The molecule has 0 bridgehead atoms. The van der Waals surface area contributed by atoms with E-state index in [1.807, 2.05) is 0 Å². The van der Waals surface area contributed by atoms with Gasteiger partial charge in [0.25, 0.3) is 0 Å². The molecule has 0 N–H and O–H groups in total. The Bertz CT molecular complexity index is 242. The van der Waals surface area contributed by atoms with Gasteiger partial charge in [-0.15, -0.1) is 0 Å². The Kier molecular flexibility index (Phi) is 13.0. The highest BCUT2D eigenvalue weighted by molar-refractivity contribution is 4.82. The van der Waals surface area contributed by atoms with E-state index in [1.54, 1.807) is 0 Å². The molecule has 1 aliphatic rings. The molecule has 1 rings (SSSR count). The first-order valence-electron chi connectivity index (χ1n) is 11.0. The van der Waals surface area contributed by atoms with Gasteiger partial charge >= 0.3 is 0 Å². The van der Waals surface area contributed by atoms with Crippen LogP contribution in [0, 0.1) is 0 Å². The summed E-state index contributed by atoms with van der Waals surface area (Å²) >= 11 is 0. The molecule has 0 radical (unpaired) electrons. The topological polar surface area (TPSA) is 0 Å². The van der Waals surface area contributed by atoms with Crippen LogP contribution in [0.2, 0.25) is 0 Å². The lowest BCUT2D eigenvalue weighted by molar-refractivity contribution is 0.0928. The molecule has 0 unspecified atom stereocenters. The Morgan fingerprint density at radius 2 is 0.957 bits per heavy atom. The molecule has 0 spiro atoms. The number of hydrogen-bond donors (Lipinski definition) is 0. The number of halogens is 1. The lowest BCUT2D eigenvalue weighted by Gasteiger charge is -2.29. The van der Waals surface area contributed by atoms with Crippen LogP contribution >= 0.6 is 0 Å². The average Bonchev–Trinajstić information content (AvgIpc) is 2.56. The second-order valence-electron chi connectivity index (χ2n) is 8.06. The summed E-state index contributed by atoms with van der Waals surface area (Å²) in [6.45, 7) is 2.28. The fourth-order valence-electron chi connectivity index (χ4n) is 4.07. The standard InChI is InChI=1S/C22H43F/c1-2-3-4-5-6-7-8-9-10-11-12-13-14-16-19-22(23)20-17-15-18-21-22/h2-21H2,1H3. The van der Waals surface area contributed by atoms with Gasteiger partial charge in [-0.05, 0) is 19.3 Å². The Hall–Kier alpha value is -0.0700. The number of rotatable bonds is 15. The molecule has 23 heavy (non-hydrogen) atoms. The zero-order valence-electron chi connectivity index (χ0n) is 16.0. The molecule has 1 fully saturated rings. The van der Waals surface area contributed by atoms with E-state index in [-0.39, 0.29) is 0 Å². The summed E-state index contributed by atoms with van der Waals surface area (Å²) in [4.78, 5) is 0. The maximum Gasteiger partial charge on any atom is 0.111 e. The van der Waals surface area contributed by atoms with Crippen LogP contribution in [0.3, 0.4) is 0 Å².